The first-order valence-corrected chi connectivity index (χ1v) is 18.2. The smallest absolute Gasteiger partial charge is 0.227 e. The molecule has 0 aliphatic carbocycles. The van der Waals surface area contributed by atoms with Crippen molar-refractivity contribution in [3.8, 4) is 56.7 Å². The molecule has 0 saturated carbocycles. The lowest BCUT2D eigenvalue weighted by atomic mass is 9.99. The summed E-state index contributed by atoms with van der Waals surface area (Å²) in [6.07, 6.45) is 0. The van der Waals surface area contributed by atoms with Crippen molar-refractivity contribution in [3.05, 3.63) is 158 Å². The van der Waals surface area contributed by atoms with Crippen LogP contribution < -0.4 is 0 Å². The largest absolute Gasteiger partial charge is 0.456 e. The zero-order chi connectivity index (χ0) is 34.9. The maximum Gasteiger partial charge on any atom is 0.227 e. The van der Waals surface area contributed by atoms with E-state index in [-0.39, 0.29) is 0 Å². The number of furan rings is 1. The Morgan fingerprint density at radius 3 is 1.89 bits per heavy atom. The topological polar surface area (TPSA) is 77.8 Å². The third kappa shape index (κ3) is 4.93. The summed E-state index contributed by atoms with van der Waals surface area (Å²) < 4.78 is 14.9. The Morgan fingerprint density at radius 1 is 0.377 bits per heavy atom. The van der Waals surface area contributed by atoms with Crippen molar-refractivity contribution in [3.63, 3.8) is 0 Å². The van der Waals surface area contributed by atoms with E-state index in [1.165, 1.54) is 14.8 Å². The second-order valence-corrected chi connectivity index (χ2v) is 14.1. The van der Waals surface area contributed by atoms with Crippen LogP contribution in [0.2, 0.25) is 0 Å². The van der Waals surface area contributed by atoms with Gasteiger partial charge in [0.2, 0.25) is 5.89 Å². The molecule has 0 aliphatic heterocycles. The van der Waals surface area contributed by atoms with Crippen molar-refractivity contribution < 1.29 is 8.83 Å². The molecule has 248 valence electrons. The van der Waals surface area contributed by atoms with E-state index < -0.39 is 0 Å². The molecule has 7 heteroatoms. The number of aromatic nitrogens is 4. The summed E-state index contributed by atoms with van der Waals surface area (Å²) in [5.41, 5.74) is 9.04. The van der Waals surface area contributed by atoms with Crippen LogP contribution in [0.1, 0.15) is 0 Å². The molecule has 6 nitrogen and oxygen atoms in total. The Bertz CT molecular complexity index is 3150. The zero-order valence-corrected chi connectivity index (χ0v) is 28.8. The maximum atomic E-state index is 6.45. The van der Waals surface area contributed by atoms with E-state index in [2.05, 4.69) is 89.9 Å². The predicted octanol–water partition coefficient (Wildman–Crippen LogP) is 12.6. The number of hydrogen-bond acceptors (Lipinski definition) is 7. The molecular weight excluding hydrogens is 673 g/mol. The molecular formula is C46H26N4O2S. The summed E-state index contributed by atoms with van der Waals surface area (Å²) in [4.78, 5) is 20.1. The van der Waals surface area contributed by atoms with Crippen LogP contribution in [0, 0.1) is 0 Å². The lowest BCUT2D eigenvalue weighted by Crippen LogP contribution is -2.00. The molecule has 11 rings (SSSR count). The van der Waals surface area contributed by atoms with Gasteiger partial charge in [-0.15, -0.1) is 11.3 Å². The minimum atomic E-state index is 0.590. The number of rotatable bonds is 5. The molecule has 0 N–H and O–H groups in total. The van der Waals surface area contributed by atoms with Crippen LogP contribution >= 0.6 is 11.3 Å². The van der Waals surface area contributed by atoms with Crippen LogP contribution in [-0.4, -0.2) is 19.9 Å². The molecule has 0 atom stereocenters. The number of nitrogens with zero attached hydrogens (tertiary/aromatic N) is 4. The summed E-state index contributed by atoms with van der Waals surface area (Å²) in [7, 11) is 0. The monoisotopic (exact) mass is 698 g/mol. The standard InChI is InChI=1S/C46H26N4O2S/c1-2-10-28(11-3-1)43-48-44(50-45(49-43)33-14-9-19-40-42(33)31-12-4-7-18-39(31)53-40)32-13-8-17-38-41(32)34-26-30(24-25-36(34)51-38)27-20-22-29(23-21-27)46-47-35-15-5-6-16-37(35)52-46/h1-26H. The fourth-order valence-electron chi connectivity index (χ4n) is 7.29. The second kappa shape index (κ2) is 11.8. The average Bonchev–Trinajstić information content (AvgIpc) is 3.94. The van der Waals surface area contributed by atoms with Gasteiger partial charge in [-0.05, 0) is 65.7 Å². The van der Waals surface area contributed by atoms with Crippen molar-refractivity contribution in [2.75, 3.05) is 0 Å². The van der Waals surface area contributed by atoms with Gasteiger partial charge in [-0.2, -0.15) is 0 Å². The highest BCUT2D eigenvalue weighted by molar-refractivity contribution is 7.25. The Kier molecular flexibility index (Phi) is 6.62. The van der Waals surface area contributed by atoms with E-state index >= 15 is 0 Å². The molecule has 0 saturated heterocycles. The number of fused-ring (bicyclic) bond motifs is 7. The highest BCUT2D eigenvalue weighted by Gasteiger charge is 2.20. The van der Waals surface area contributed by atoms with Gasteiger partial charge in [-0.3, -0.25) is 0 Å². The third-order valence-corrected chi connectivity index (χ3v) is 10.9. The minimum Gasteiger partial charge on any atom is -0.456 e. The molecule has 4 aromatic heterocycles. The highest BCUT2D eigenvalue weighted by atomic mass is 32.1. The first-order chi connectivity index (χ1) is 26.2. The van der Waals surface area contributed by atoms with Crippen LogP contribution in [0.4, 0.5) is 0 Å². The maximum absolute atomic E-state index is 6.45. The molecule has 53 heavy (non-hydrogen) atoms. The third-order valence-electron chi connectivity index (χ3n) is 9.81. The minimum absolute atomic E-state index is 0.590. The van der Waals surface area contributed by atoms with Crippen molar-refractivity contribution in [1.82, 2.24) is 19.9 Å². The Morgan fingerprint density at radius 2 is 1.04 bits per heavy atom. The quantitative estimate of drug-likeness (QED) is 0.178. The van der Waals surface area contributed by atoms with Crippen LogP contribution in [0.3, 0.4) is 0 Å². The molecule has 4 heterocycles. The van der Waals surface area contributed by atoms with Gasteiger partial charge in [0.1, 0.15) is 16.7 Å². The van der Waals surface area contributed by atoms with Gasteiger partial charge in [0.25, 0.3) is 0 Å². The van der Waals surface area contributed by atoms with Crippen molar-refractivity contribution in [2.45, 2.75) is 0 Å². The van der Waals surface area contributed by atoms with Gasteiger partial charge in [-0.25, -0.2) is 19.9 Å². The summed E-state index contributed by atoms with van der Waals surface area (Å²) >= 11 is 1.78. The number of oxazole rings is 1. The summed E-state index contributed by atoms with van der Waals surface area (Å²) in [5, 5.41) is 4.31. The normalized spacial score (nSPS) is 11.8. The number of thiophene rings is 1. The Hall–Kier alpha value is -6.96. The predicted molar refractivity (Wildman–Crippen MR) is 215 cm³/mol. The second-order valence-electron chi connectivity index (χ2n) is 13.0. The summed E-state index contributed by atoms with van der Waals surface area (Å²) in [5.74, 6) is 2.44. The molecule has 7 aromatic carbocycles. The number of para-hydroxylation sites is 2. The Labute approximate surface area is 306 Å². The lowest BCUT2D eigenvalue weighted by molar-refractivity contribution is 0.620. The van der Waals surface area contributed by atoms with E-state index in [1.807, 2.05) is 72.8 Å². The summed E-state index contributed by atoms with van der Waals surface area (Å²) in [6.45, 7) is 0. The molecule has 0 fully saturated rings. The summed E-state index contributed by atoms with van der Waals surface area (Å²) in [6, 6.07) is 53.6. The van der Waals surface area contributed by atoms with Gasteiger partial charge in [0, 0.05) is 53.2 Å². The fraction of sp³-hybridized carbons (Fsp3) is 0. The van der Waals surface area contributed by atoms with E-state index in [4.69, 9.17) is 23.8 Å². The highest BCUT2D eigenvalue weighted by Crippen LogP contribution is 2.41. The van der Waals surface area contributed by atoms with Crippen LogP contribution in [0.15, 0.2) is 167 Å². The van der Waals surface area contributed by atoms with Crippen LogP contribution in [0.25, 0.3) is 110 Å². The van der Waals surface area contributed by atoms with E-state index in [0.29, 0.717) is 23.4 Å². The fourth-order valence-corrected chi connectivity index (χ4v) is 8.42. The number of benzene rings is 7. The Balaban J connectivity index is 1.07. The van der Waals surface area contributed by atoms with Crippen LogP contribution in [-0.2, 0) is 0 Å². The van der Waals surface area contributed by atoms with Gasteiger partial charge in [0.05, 0.1) is 0 Å². The first-order valence-electron chi connectivity index (χ1n) is 17.4. The van der Waals surface area contributed by atoms with Gasteiger partial charge >= 0.3 is 0 Å². The van der Waals surface area contributed by atoms with Gasteiger partial charge < -0.3 is 8.83 Å². The van der Waals surface area contributed by atoms with Crippen LogP contribution in [0.5, 0.6) is 0 Å². The van der Waals surface area contributed by atoms with E-state index in [1.54, 1.807) is 11.3 Å². The number of hydrogen-bond donors (Lipinski definition) is 0. The molecule has 11 aromatic rings. The molecule has 0 radical (unpaired) electrons. The van der Waals surface area contributed by atoms with Gasteiger partial charge in [-0.1, -0.05) is 103 Å². The van der Waals surface area contributed by atoms with E-state index in [0.717, 1.165) is 71.8 Å². The lowest BCUT2D eigenvalue weighted by Gasteiger charge is -2.10. The van der Waals surface area contributed by atoms with Crippen molar-refractivity contribution >= 4 is 64.5 Å². The molecule has 0 bridgehead atoms. The van der Waals surface area contributed by atoms with E-state index in [9.17, 15) is 0 Å². The SMILES string of the molecule is c1ccc(-c2nc(-c3cccc4oc5ccc(-c6ccc(-c7nc8ccccc8o7)cc6)cc5c34)nc(-c3cccc4sc5ccccc5c34)n2)cc1. The van der Waals surface area contributed by atoms with Gasteiger partial charge in [0.15, 0.2) is 23.1 Å². The zero-order valence-electron chi connectivity index (χ0n) is 28.0. The molecule has 0 amide bonds. The molecule has 0 spiro atoms. The molecule has 0 unspecified atom stereocenters. The van der Waals surface area contributed by atoms with Crippen molar-refractivity contribution in [2.24, 2.45) is 0 Å². The van der Waals surface area contributed by atoms with Crippen molar-refractivity contribution in [1.29, 1.82) is 0 Å². The average molecular weight is 699 g/mol. The first kappa shape index (κ1) is 29.7. The molecule has 0 aliphatic rings.